The fourth-order valence-electron chi connectivity index (χ4n) is 3.54. The monoisotopic (exact) mass is 364 g/mol. The predicted molar refractivity (Wildman–Crippen MR) is 105 cm³/mol. The van der Waals surface area contributed by atoms with E-state index in [1.807, 2.05) is 39.9 Å². The molecule has 1 aromatic heterocycles. The van der Waals surface area contributed by atoms with Crippen molar-refractivity contribution in [1.82, 2.24) is 9.78 Å². The van der Waals surface area contributed by atoms with E-state index in [-0.39, 0.29) is 11.8 Å². The van der Waals surface area contributed by atoms with Crippen LogP contribution in [0.4, 0.5) is 11.5 Å². The number of carbonyl (C=O) groups excluding carboxylic acids is 2. The molecule has 1 aliphatic carbocycles. The largest absolute Gasteiger partial charge is 0.312 e. The molecule has 2 fully saturated rings. The molecule has 2 amide bonds. The van der Waals surface area contributed by atoms with Crippen molar-refractivity contribution in [3.05, 3.63) is 48.2 Å². The normalized spacial score (nSPS) is 18.3. The Kier molecular flexibility index (Phi) is 4.79. The summed E-state index contributed by atoms with van der Waals surface area (Å²) < 4.78 is 1.89. The van der Waals surface area contributed by atoms with E-state index in [0.717, 1.165) is 30.0 Å². The van der Waals surface area contributed by atoms with Gasteiger partial charge in [0.25, 0.3) is 0 Å². The quantitative estimate of drug-likeness (QED) is 0.796. The van der Waals surface area contributed by atoms with E-state index in [2.05, 4.69) is 17.3 Å². The zero-order chi connectivity index (χ0) is 18.8. The van der Waals surface area contributed by atoms with Gasteiger partial charge in [-0.05, 0) is 55.9 Å². The first-order chi connectivity index (χ1) is 13.1. The molecule has 1 atom stereocenters. The Morgan fingerprint density at radius 2 is 2.04 bits per heavy atom. The highest BCUT2D eigenvalue weighted by atomic mass is 16.2. The summed E-state index contributed by atoms with van der Waals surface area (Å²) in [6, 6.07) is 9.82. The number of aromatic nitrogens is 2. The number of anilines is 2. The first kappa shape index (κ1) is 17.5. The van der Waals surface area contributed by atoms with Crippen LogP contribution in [-0.2, 0) is 9.59 Å². The first-order valence-corrected chi connectivity index (χ1v) is 9.55. The summed E-state index contributed by atoms with van der Waals surface area (Å²) in [5.41, 5.74) is 1.83. The zero-order valence-electron chi connectivity index (χ0n) is 15.5. The van der Waals surface area contributed by atoms with Gasteiger partial charge in [-0.2, -0.15) is 5.10 Å². The summed E-state index contributed by atoms with van der Waals surface area (Å²) in [6.45, 7) is 2.92. The van der Waals surface area contributed by atoms with Gasteiger partial charge in [0.05, 0.1) is 12.2 Å². The lowest BCUT2D eigenvalue weighted by Gasteiger charge is -2.15. The van der Waals surface area contributed by atoms with Crippen molar-refractivity contribution < 1.29 is 9.59 Å². The number of hydrogen-bond donors (Lipinski definition) is 1. The summed E-state index contributed by atoms with van der Waals surface area (Å²) in [5.74, 6) is 1.39. The third kappa shape index (κ3) is 3.94. The van der Waals surface area contributed by atoms with E-state index in [9.17, 15) is 9.59 Å². The highest BCUT2D eigenvalue weighted by Gasteiger charge is 2.30. The van der Waals surface area contributed by atoms with Crippen LogP contribution in [0.15, 0.2) is 42.6 Å². The van der Waals surface area contributed by atoms with Crippen LogP contribution in [0.5, 0.6) is 0 Å². The fraction of sp³-hybridized carbons (Fsp3) is 0.381. The van der Waals surface area contributed by atoms with Crippen LogP contribution in [0.1, 0.15) is 44.2 Å². The molecule has 0 radical (unpaired) electrons. The van der Waals surface area contributed by atoms with Crippen LogP contribution in [0, 0.1) is 5.92 Å². The molecule has 0 bridgehead atoms. The molecule has 0 spiro atoms. The second-order valence-electron chi connectivity index (χ2n) is 7.30. The van der Waals surface area contributed by atoms with Crippen molar-refractivity contribution in [3.63, 3.8) is 0 Å². The zero-order valence-corrected chi connectivity index (χ0v) is 15.5. The average molecular weight is 364 g/mol. The Labute approximate surface area is 158 Å². The number of carbonyl (C=O) groups is 2. The van der Waals surface area contributed by atoms with Crippen molar-refractivity contribution in [2.45, 2.75) is 38.6 Å². The fourth-order valence-corrected chi connectivity index (χ4v) is 3.54. The molecule has 2 aromatic rings. The van der Waals surface area contributed by atoms with Crippen molar-refractivity contribution in [2.24, 2.45) is 5.92 Å². The lowest BCUT2D eigenvalue weighted by atomic mass is 10.2. The molecule has 1 aromatic carbocycles. The summed E-state index contributed by atoms with van der Waals surface area (Å²) >= 11 is 0. The lowest BCUT2D eigenvalue weighted by Crippen LogP contribution is -2.23. The molecular weight excluding hydrogens is 340 g/mol. The maximum Gasteiger partial charge on any atom is 0.249 e. The van der Waals surface area contributed by atoms with E-state index in [4.69, 9.17) is 0 Å². The van der Waals surface area contributed by atoms with Crippen molar-refractivity contribution in [1.29, 1.82) is 0 Å². The molecule has 27 heavy (non-hydrogen) atoms. The summed E-state index contributed by atoms with van der Waals surface area (Å²) in [7, 11) is 0. The van der Waals surface area contributed by atoms with Gasteiger partial charge >= 0.3 is 0 Å². The van der Waals surface area contributed by atoms with Crippen molar-refractivity contribution in [3.8, 4) is 0 Å². The highest BCUT2D eigenvalue weighted by molar-refractivity contribution is 6.01. The molecular formula is C21H24N4O2. The molecule has 2 aliphatic rings. The standard InChI is InChI=1S/C21H24N4O2/c1-15(17-7-8-17)25-19(12-13-22-25)23-20(26)11-6-16-4-9-18(10-5-16)24-14-2-3-21(24)27/h4-6,9-13,15,17H,2-3,7-8,14H2,1H3,(H,23,26)/b11-6+. The molecule has 1 saturated carbocycles. The van der Waals surface area contributed by atoms with E-state index in [1.54, 1.807) is 12.3 Å². The first-order valence-electron chi connectivity index (χ1n) is 9.55. The number of hydrogen-bond acceptors (Lipinski definition) is 3. The van der Waals surface area contributed by atoms with Crippen LogP contribution in [0.25, 0.3) is 6.08 Å². The molecule has 1 saturated heterocycles. The van der Waals surface area contributed by atoms with E-state index < -0.39 is 0 Å². The molecule has 4 rings (SSSR count). The smallest absolute Gasteiger partial charge is 0.249 e. The van der Waals surface area contributed by atoms with Crippen LogP contribution >= 0.6 is 0 Å². The molecule has 1 unspecified atom stereocenters. The second-order valence-corrected chi connectivity index (χ2v) is 7.30. The Bertz CT molecular complexity index is 865. The van der Waals surface area contributed by atoms with Gasteiger partial charge in [0.1, 0.15) is 5.82 Å². The van der Waals surface area contributed by atoms with Crippen LogP contribution in [0.2, 0.25) is 0 Å². The van der Waals surface area contributed by atoms with E-state index >= 15 is 0 Å². The highest BCUT2D eigenvalue weighted by Crippen LogP contribution is 2.40. The summed E-state index contributed by atoms with van der Waals surface area (Å²) in [5, 5.41) is 7.26. The van der Waals surface area contributed by atoms with Gasteiger partial charge < -0.3 is 10.2 Å². The maximum absolute atomic E-state index is 12.3. The van der Waals surface area contributed by atoms with Gasteiger partial charge in [0.15, 0.2) is 0 Å². The Hall–Kier alpha value is -2.89. The van der Waals surface area contributed by atoms with E-state index in [0.29, 0.717) is 18.4 Å². The van der Waals surface area contributed by atoms with Gasteiger partial charge in [-0.1, -0.05) is 12.1 Å². The summed E-state index contributed by atoms with van der Waals surface area (Å²) in [4.78, 5) is 25.9. The van der Waals surface area contributed by atoms with Crippen LogP contribution in [0.3, 0.4) is 0 Å². The lowest BCUT2D eigenvalue weighted by molar-refractivity contribution is -0.117. The number of rotatable bonds is 6. The second kappa shape index (κ2) is 7.39. The third-order valence-corrected chi connectivity index (χ3v) is 5.32. The van der Waals surface area contributed by atoms with Gasteiger partial charge in [0, 0.05) is 30.8 Å². The Balaban J connectivity index is 1.37. The molecule has 1 aliphatic heterocycles. The van der Waals surface area contributed by atoms with Crippen molar-refractivity contribution in [2.75, 3.05) is 16.8 Å². The van der Waals surface area contributed by atoms with Crippen LogP contribution < -0.4 is 10.2 Å². The SMILES string of the molecule is CC(C1CC1)n1nccc1NC(=O)/C=C/c1ccc(N2CCCC2=O)cc1. The number of nitrogens with zero attached hydrogens (tertiary/aromatic N) is 3. The van der Waals surface area contributed by atoms with Gasteiger partial charge in [0.2, 0.25) is 11.8 Å². The molecule has 140 valence electrons. The van der Waals surface area contributed by atoms with Crippen molar-refractivity contribution >= 4 is 29.4 Å². The molecule has 6 nitrogen and oxygen atoms in total. The minimum atomic E-state index is -0.182. The Morgan fingerprint density at radius 1 is 1.26 bits per heavy atom. The number of benzene rings is 1. The number of nitrogens with one attached hydrogen (secondary N) is 1. The van der Waals surface area contributed by atoms with Crippen LogP contribution in [-0.4, -0.2) is 28.1 Å². The minimum absolute atomic E-state index is 0.176. The minimum Gasteiger partial charge on any atom is -0.312 e. The number of amides is 2. The Morgan fingerprint density at radius 3 is 2.70 bits per heavy atom. The van der Waals surface area contributed by atoms with Gasteiger partial charge in [-0.15, -0.1) is 0 Å². The average Bonchev–Trinajstić information content (AvgIpc) is 3.29. The summed E-state index contributed by atoms with van der Waals surface area (Å²) in [6.07, 6.45) is 9.01. The molecule has 1 N–H and O–H groups in total. The predicted octanol–water partition coefficient (Wildman–Crippen LogP) is 3.63. The molecule has 6 heteroatoms. The van der Waals surface area contributed by atoms with Gasteiger partial charge in [-0.25, -0.2) is 4.68 Å². The molecule has 2 heterocycles. The van der Waals surface area contributed by atoms with E-state index in [1.165, 1.54) is 18.9 Å². The topological polar surface area (TPSA) is 67.2 Å². The maximum atomic E-state index is 12.3. The van der Waals surface area contributed by atoms with Gasteiger partial charge in [-0.3, -0.25) is 9.59 Å². The third-order valence-electron chi connectivity index (χ3n) is 5.32.